The van der Waals surface area contributed by atoms with Gasteiger partial charge in [-0.25, -0.2) is 16.8 Å². The van der Waals surface area contributed by atoms with Crippen LogP contribution in [0.3, 0.4) is 0 Å². The van der Waals surface area contributed by atoms with Crippen molar-refractivity contribution in [3.8, 4) is 0 Å². The third-order valence-electron chi connectivity index (χ3n) is 4.08. The van der Waals surface area contributed by atoms with Gasteiger partial charge in [-0.2, -0.15) is 0 Å². The molecule has 0 saturated carbocycles. The first-order valence-corrected chi connectivity index (χ1v) is 15.3. The zero-order valence-electron chi connectivity index (χ0n) is 19.3. The smallest absolute Gasteiger partial charge is 0.306 e. The van der Waals surface area contributed by atoms with Gasteiger partial charge in [0.2, 0.25) is 0 Å². The summed E-state index contributed by atoms with van der Waals surface area (Å²) in [6, 6.07) is 0. The SMILES string of the molecule is O=C(CCS(=O)O)OCC(COC(=O)CCS(=O)O)(COC(=O)CCS(=O)O)COC(=O)CCS(=O)O. The lowest BCUT2D eigenvalue weighted by molar-refractivity contribution is -0.170. The van der Waals surface area contributed by atoms with E-state index in [4.69, 9.17) is 37.2 Å². The van der Waals surface area contributed by atoms with Crippen LogP contribution in [0.4, 0.5) is 0 Å². The highest BCUT2D eigenvalue weighted by atomic mass is 32.2. The third-order valence-corrected chi connectivity index (χ3v) is 6.29. The average molecular weight is 617 g/mol. The van der Waals surface area contributed by atoms with Gasteiger partial charge in [0.25, 0.3) is 0 Å². The van der Waals surface area contributed by atoms with E-state index in [2.05, 4.69) is 0 Å². The molecule has 0 aromatic heterocycles. The maximum atomic E-state index is 12.0. The molecule has 4 atom stereocenters. The molecule has 0 radical (unpaired) electrons. The van der Waals surface area contributed by atoms with Crippen LogP contribution in [0.25, 0.3) is 0 Å². The van der Waals surface area contributed by atoms with E-state index in [0.29, 0.717) is 0 Å². The van der Waals surface area contributed by atoms with Crippen LogP contribution in [0.15, 0.2) is 0 Å². The fourth-order valence-electron chi connectivity index (χ4n) is 2.16. The van der Waals surface area contributed by atoms with Crippen LogP contribution >= 0.6 is 0 Å². The number of hydrogen-bond donors (Lipinski definition) is 4. The van der Waals surface area contributed by atoms with Gasteiger partial charge in [-0.1, -0.05) is 0 Å². The number of ether oxygens (including phenoxy) is 4. The number of rotatable bonds is 20. The molecule has 0 amide bonds. The van der Waals surface area contributed by atoms with E-state index in [1.807, 2.05) is 0 Å². The molecule has 16 nitrogen and oxygen atoms in total. The first-order valence-electron chi connectivity index (χ1n) is 10.2. The lowest BCUT2D eigenvalue weighted by atomic mass is 9.92. The van der Waals surface area contributed by atoms with E-state index in [0.717, 1.165) is 0 Å². The summed E-state index contributed by atoms with van der Waals surface area (Å²) in [7, 11) is 0. The Morgan fingerprint density at radius 1 is 0.459 bits per heavy atom. The van der Waals surface area contributed by atoms with Gasteiger partial charge in [0, 0.05) is 0 Å². The highest BCUT2D eigenvalue weighted by Gasteiger charge is 2.38. The van der Waals surface area contributed by atoms with Gasteiger partial charge in [-0.3, -0.25) is 19.2 Å². The van der Waals surface area contributed by atoms with Crippen LogP contribution in [-0.2, 0) is 82.4 Å². The lowest BCUT2D eigenvalue weighted by Crippen LogP contribution is -2.44. The molecule has 216 valence electrons. The lowest BCUT2D eigenvalue weighted by Gasteiger charge is -2.31. The normalized spacial score (nSPS) is 15.9. The van der Waals surface area contributed by atoms with E-state index in [9.17, 15) is 36.0 Å². The predicted molar refractivity (Wildman–Crippen MR) is 127 cm³/mol. The predicted octanol–water partition coefficient (Wildman–Crippen LogP) is -1.41. The van der Waals surface area contributed by atoms with Crippen molar-refractivity contribution in [2.45, 2.75) is 25.7 Å². The third kappa shape index (κ3) is 20.0. The largest absolute Gasteiger partial charge is 0.465 e. The summed E-state index contributed by atoms with van der Waals surface area (Å²) in [5.41, 5.74) is -1.75. The van der Waals surface area contributed by atoms with Crippen LogP contribution in [0.2, 0.25) is 0 Å². The van der Waals surface area contributed by atoms with Crippen molar-refractivity contribution in [1.82, 2.24) is 0 Å². The Bertz CT molecular complexity index is 734. The Morgan fingerprint density at radius 3 is 0.811 bits per heavy atom. The van der Waals surface area contributed by atoms with Crippen molar-refractivity contribution < 1.29 is 73.2 Å². The Balaban J connectivity index is 5.65. The zero-order chi connectivity index (χ0) is 28.4. The topological polar surface area (TPSA) is 254 Å². The minimum Gasteiger partial charge on any atom is -0.465 e. The molecule has 0 aromatic carbocycles. The molecular formula is C17H28O16S4. The first-order chi connectivity index (χ1) is 17.2. The second-order valence-corrected chi connectivity index (χ2v) is 11.5. The molecular weight excluding hydrogens is 588 g/mol. The number of carbonyl (C=O) groups is 4. The molecule has 0 aliphatic rings. The van der Waals surface area contributed by atoms with Crippen LogP contribution in [0, 0.1) is 5.41 Å². The molecule has 0 rings (SSSR count). The van der Waals surface area contributed by atoms with Gasteiger partial charge < -0.3 is 37.2 Å². The van der Waals surface area contributed by atoms with Crippen molar-refractivity contribution in [2.75, 3.05) is 49.4 Å². The van der Waals surface area contributed by atoms with Crippen molar-refractivity contribution >= 4 is 68.2 Å². The van der Waals surface area contributed by atoms with Crippen LogP contribution in [-0.4, -0.2) is 108 Å². The average Bonchev–Trinajstić information content (AvgIpc) is 2.82. The van der Waals surface area contributed by atoms with E-state index >= 15 is 0 Å². The van der Waals surface area contributed by atoms with E-state index in [1.54, 1.807) is 0 Å². The molecule has 0 aliphatic heterocycles. The molecule has 0 spiro atoms. The fourth-order valence-corrected chi connectivity index (χ4v) is 3.52. The number of esters is 4. The summed E-state index contributed by atoms with van der Waals surface area (Å²) >= 11 is -9.21. The Labute approximate surface area is 221 Å². The number of hydrogen-bond acceptors (Lipinski definition) is 12. The molecule has 0 heterocycles. The molecule has 0 fully saturated rings. The summed E-state index contributed by atoms with van der Waals surface area (Å²) in [6.07, 6.45) is -1.98. The van der Waals surface area contributed by atoms with Crippen LogP contribution in [0.5, 0.6) is 0 Å². The summed E-state index contributed by atoms with van der Waals surface area (Å²) in [5, 5.41) is 0. The van der Waals surface area contributed by atoms with E-state index in [1.165, 1.54) is 0 Å². The highest BCUT2D eigenvalue weighted by molar-refractivity contribution is 7.79. The van der Waals surface area contributed by atoms with Crippen molar-refractivity contribution in [2.24, 2.45) is 5.41 Å². The van der Waals surface area contributed by atoms with Crippen molar-refractivity contribution in [3.63, 3.8) is 0 Å². The van der Waals surface area contributed by atoms with Gasteiger partial charge in [-0.05, 0) is 0 Å². The van der Waals surface area contributed by atoms with Gasteiger partial charge in [-0.15, -0.1) is 0 Å². The summed E-state index contributed by atoms with van der Waals surface area (Å²) in [5.74, 6) is -5.73. The maximum absolute atomic E-state index is 12.0. The minimum atomic E-state index is -2.30. The molecule has 0 aliphatic carbocycles. The standard InChI is InChI=1S/C17H28O16S4/c18-13(1-5-34(22)23)30-9-17(10-31-14(19)2-6-35(24)25,11-32-15(20)3-7-36(26)27)12-33-16(21)4-8-37(28)29/h1-12H2,(H,22,23)(H,24,25)(H,26,27)(H,28,29). The molecule has 20 heteroatoms. The second-order valence-electron chi connectivity index (χ2n) is 7.25. The van der Waals surface area contributed by atoms with Gasteiger partial charge in [0.05, 0.1) is 48.7 Å². The summed E-state index contributed by atoms with van der Waals surface area (Å²) in [4.78, 5) is 47.9. The maximum Gasteiger partial charge on any atom is 0.306 e. The van der Waals surface area contributed by atoms with Crippen LogP contribution < -0.4 is 0 Å². The molecule has 4 unspecified atom stereocenters. The monoisotopic (exact) mass is 616 g/mol. The Kier molecular flexibility index (Phi) is 18.5. The highest BCUT2D eigenvalue weighted by Crippen LogP contribution is 2.22. The molecule has 0 aromatic rings. The van der Waals surface area contributed by atoms with Crippen molar-refractivity contribution in [1.29, 1.82) is 0 Å². The molecule has 0 bridgehead atoms. The minimum absolute atomic E-state index is 0.459. The zero-order valence-corrected chi connectivity index (χ0v) is 22.6. The first kappa shape index (κ1) is 35.3. The molecule has 0 saturated heterocycles. The number of carbonyl (C=O) groups excluding carboxylic acids is 4. The van der Waals surface area contributed by atoms with E-state index in [-0.39, 0.29) is 0 Å². The fraction of sp³-hybridized carbons (Fsp3) is 0.765. The van der Waals surface area contributed by atoms with Gasteiger partial charge in [0.1, 0.15) is 31.8 Å². The molecule has 4 N–H and O–H groups in total. The van der Waals surface area contributed by atoms with E-state index < -0.39 is 149 Å². The Morgan fingerprint density at radius 2 is 0.649 bits per heavy atom. The summed E-state index contributed by atoms with van der Waals surface area (Å²) < 4.78 is 98.4. The van der Waals surface area contributed by atoms with Crippen molar-refractivity contribution in [3.05, 3.63) is 0 Å². The second kappa shape index (κ2) is 19.4. The summed E-state index contributed by atoms with van der Waals surface area (Å²) in [6.45, 7) is -2.83. The Hall–Kier alpha value is -1.68. The van der Waals surface area contributed by atoms with Crippen LogP contribution in [0.1, 0.15) is 25.7 Å². The van der Waals surface area contributed by atoms with Gasteiger partial charge in [0.15, 0.2) is 44.3 Å². The quantitative estimate of drug-likeness (QED) is 0.0696. The molecule has 37 heavy (non-hydrogen) atoms. The van der Waals surface area contributed by atoms with Gasteiger partial charge >= 0.3 is 23.9 Å².